The van der Waals surface area contributed by atoms with E-state index in [1.165, 1.54) is 0 Å². The molecule has 0 spiro atoms. The number of carbonyl (C=O) groups excluding carboxylic acids is 3. The minimum absolute atomic E-state index is 0.0183. The minimum Gasteiger partial charge on any atom is -0.339 e. The van der Waals surface area contributed by atoms with Crippen LogP contribution in [0.1, 0.15) is 42.5 Å². The Labute approximate surface area is 175 Å². The summed E-state index contributed by atoms with van der Waals surface area (Å²) in [4.78, 5) is 39.6. The number of hydrogen-bond acceptors (Lipinski definition) is 6. The van der Waals surface area contributed by atoms with E-state index in [-0.39, 0.29) is 41.9 Å². The molecule has 3 heterocycles. The van der Waals surface area contributed by atoms with Gasteiger partial charge < -0.3 is 10.2 Å². The van der Waals surface area contributed by atoms with E-state index in [1.807, 2.05) is 0 Å². The third-order valence-corrected chi connectivity index (χ3v) is 7.43. The Morgan fingerprint density at radius 3 is 2.53 bits per heavy atom. The summed E-state index contributed by atoms with van der Waals surface area (Å²) in [5.41, 5.74) is 0.968. The highest BCUT2D eigenvalue weighted by Crippen LogP contribution is 2.24. The van der Waals surface area contributed by atoms with Crippen molar-refractivity contribution in [3.05, 3.63) is 29.8 Å². The number of hydrazone groups is 1. The van der Waals surface area contributed by atoms with Gasteiger partial charge in [0.1, 0.15) is 5.71 Å². The molecule has 2 fully saturated rings. The van der Waals surface area contributed by atoms with Crippen LogP contribution >= 0.6 is 0 Å². The molecular formula is C20H24N4O5S. The summed E-state index contributed by atoms with van der Waals surface area (Å²) in [6.45, 7) is 1.41. The second kappa shape index (κ2) is 8.17. The number of nitrogens with zero attached hydrogens (tertiary/aromatic N) is 3. The molecule has 0 saturated carbocycles. The Bertz CT molecular complexity index is 1010. The van der Waals surface area contributed by atoms with Crippen LogP contribution in [0.25, 0.3) is 0 Å². The third kappa shape index (κ3) is 4.23. The highest BCUT2D eigenvalue weighted by molar-refractivity contribution is 7.91. The molecule has 0 bridgehead atoms. The number of nitrogens with one attached hydrogen (secondary N) is 1. The molecule has 9 nitrogen and oxygen atoms in total. The number of hydrogen-bond donors (Lipinski definition) is 1. The SMILES string of the molecule is O=C(Nc1ccccc1C(=O)N1CCCC1)C1=NN(C2CCS(=O)(=O)C2)C(=O)CC1. The summed E-state index contributed by atoms with van der Waals surface area (Å²) in [6.07, 6.45) is 2.52. The number of likely N-dealkylation sites (tertiary alicyclic amines) is 1. The summed E-state index contributed by atoms with van der Waals surface area (Å²) in [5, 5.41) is 8.10. The molecule has 2 saturated heterocycles. The average molecular weight is 433 g/mol. The van der Waals surface area contributed by atoms with E-state index in [4.69, 9.17) is 0 Å². The highest BCUT2D eigenvalue weighted by atomic mass is 32.2. The van der Waals surface area contributed by atoms with Crippen molar-refractivity contribution in [3.8, 4) is 0 Å². The molecule has 0 radical (unpaired) electrons. The van der Waals surface area contributed by atoms with Crippen molar-refractivity contribution in [1.82, 2.24) is 9.91 Å². The zero-order chi connectivity index (χ0) is 21.3. The van der Waals surface area contributed by atoms with Crippen LogP contribution in [0.5, 0.6) is 0 Å². The fraction of sp³-hybridized carbons (Fsp3) is 0.500. The van der Waals surface area contributed by atoms with E-state index in [2.05, 4.69) is 10.4 Å². The van der Waals surface area contributed by atoms with E-state index in [1.54, 1.807) is 29.2 Å². The predicted octanol–water partition coefficient (Wildman–Crippen LogP) is 1.03. The van der Waals surface area contributed by atoms with Gasteiger partial charge in [0.2, 0.25) is 5.91 Å². The van der Waals surface area contributed by atoms with Crippen molar-refractivity contribution in [2.75, 3.05) is 29.9 Å². The lowest BCUT2D eigenvalue weighted by Gasteiger charge is -2.27. The fourth-order valence-corrected chi connectivity index (χ4v) is 5.74. The fourth-order valence-electron chi connectivity index (χ4n) is 4.05. The molecule has 1 N–H and O–H groups in total. The van der Waals surface area contributed by atoms with Crippen molar-refractivity contribution < 1.29 is 22.8 Å². The monoisotopic (exact) mass is 432 g/mol. The summed E-state index contributed by atoms with van der Waals surface area (Å²) in [6, 6.07) is 6.29. The van der Waals surface area contributed by atoms with Crippen molar-refractivity contribution in [2.24, 2.45) is 5.10 Å². The van der Waals surface area contributed by atoms with Crippen LogP contribution in [0.4, 0.5) is 5.69 Å². The second-order valence-electron chi connectivity index (χ2n) is 7.84. The van der Waals surface area contributed by atoms with Crippen molar-refractivity contribution in [1.29, 1.82) is 0 Å². The first-order valence-electron chi connectivity index (χ1n) is 10.1. The van der Waals surface area contributed by atoms with Gasteiger partial charge in [0.15, 0.2) is 9.84 Å². The normalized spacial score (nSPS) is 23.4. The molecular weight excluding hydrogens is 408 g/mol. The van der Waals surface area contributed by atoms with Crippen LogP contribution in [-0.2, 0) is 19.4 Å². The summed E-state index contributed by atoms with van der Waals surface area (Å²) < 4.78 is 23.5. The number of benzene rings is 1. The van der Waals surface area contributed by atoms with Gasteiger partial charge in [0.05, 0.1) is 28.8 Å². The maximum Gasteiger partial charge on any atom is 0.271 e. The number of sulfone groups is 1. The van der Waals surface area contributed by atoms with Gasteiger partial charge in [-0.25, -0.2) is 13.4 Å². The molecule has 0 aliphatic carbocycles. The quantitative estimate of drug-likeness (QED) is 0.763. The zero-order valence-corrected chi connectivity index (χ0v) is 17.4. The molecule has 3 amide bonds. The number of anilines is 1. The van der Waals surface area contributed by atoms with E-state index in [9.17, 15) is 22.8 Å². The lowest BCUT2D eigenvalue weighted by molar-refractivity contribution is -0.133. The average Bonchev–Trinajstić information content (AvgIpc) is 3.38. The molecule has 1 atom stereocenters. The Balaban J connectivity index is 1.52. The molecule has 1 aromatic rings. The minimum atomic E-state index is -3.18. The van der Waals surface area contributed by atoms with Crippen LogP contribution in [0.2, 0.25) is 0 Å². The van der Waals surface area contributed by atoms with Crippen LogP contribution in [-0.4, -0.2) is 72.4 Å². The number of carbonyl (C=O) groups is 3. The van der Waals surface area contributed by atoms with Gasteiger partial charge in [-0.05, 0) is 31.4 Å². The van der Waals surface area contributed by atoms with Crippen molar-refractivity contribution in [2.45, 2.75) is 38.1 Å². The molecule has 3 aliphatic heterocycles. The molecule has 4 rings (SSSR count). The third-order valence-electron chi connectivity index (χ3n) is 5.67. The maximum atomic E-state index is 12.8. The van der Waals surface area contributed by atoms with Gasteiger partial charge in [0.25, 0.3) is 11.8 Å². The molecule has 30 heavy (non-hydrogen) atoms. The molecule has 1 aromatic carbocycles. The standard InChI is InChI=1S/C20H24N4O5S/c25-18-8-7-17(22-24(18)14-9-12-30(28,29)13-14)19(26)21-16-6-2-1-5-15(16)20(27)23-10-3-4-11-23/h1-2,5-6,14H,3-4,7-13H2,(H,21,26). The van der Waals surface area contributed by atoms with Gasteiger partial charge in [-0.3, -0.25) is 14.4 Å². The predicted molar refractivity (Wildman–Crippen MR) is 111 cm³/mol. The van der Waals surface area contributed by atoms with Crippen molar-refractivity contribution >= 4 is 39.0 Å². The smallest absolute Gasteiger partial charge is 0.271 e. The van der Waals surface area contributed by atoms with E-state index >= 15 is 0 Å². The topological polar surface area (TPSA) is 116 Å². The van der Waals surface area contributed by atoms with E-state index < -0.39 is 21.8 Å². The Hall–Kier alpha value is -2.75. The first-order chi connectivity index (χ1) is 14.3. The lowest BCUT2D eigenvalue weighted by atomic mass is 10.1. The van der Waals surface area contributed by atoms with Gasteiger partial charge in [-0.2, -0.15) is 5.10 Å². The Morgan fingerprint density at radius 1 is 1.10 bits per heavy atom. The summed E-state index contributed by atoms with van der Waals surface area (Å²) in [7, 11) is -3.18. The number of rotatable bonds is 4. The van der Waals surface area contributed by atoms with Crippen molar-refractivity contribution in [3.63, 3.8) is 0 Å². The Morgan fingerprint density at radius 2 is 1.83 bits per heavy atom. The van der Waals surface area contributed by atoms with Gasteiger partial charge in [-0.15, -0.1) is 0 Å². The number of para-hydroxylation sites is 1. The van der Waals surface area contributed by atoms with Crippen LogP contribution in [0.15, 0.2) is 29.4 Å². The summed E-state index contributed by atoms with van der Waals surface area (Å²) in [5.74, 6) is -1.01. The van der Waals surface area contributed by atoms with E-state index in [0.29, 0.717) is 30.8 Å². The van der Waals surface area contributed by atoms with Gasteiger partial charge in [-0.1, -0.05) is 12.1 Å². The van der Waals surface area contributed by atoms with Crippen LogP contribution in [0, 0.1) is 0 Å². The first-order valence-corrected chi connectivity index (χ1v) is 12.0. The Kier molecular flexibility index (Phi) is 5.59. The molecule has 1 unspecified atom stereocenters. The highest BCUT2D eigenvalue weighted by Gasteiger charge is 2.37. The molecule has 0 aromatic heterocycles. The van der Waals surface area contributed by atoms with Gasteiger partial charge >= 0.3 is 0 Å². The molecule has 3 aliphatic rings. The maximum absolute atomic E-state index is 12.8. The van der Waals surface area contributed by atoms with Crippen LogP contribution < -0.4 is 5.32 Å². The van der Waals surface area contributed by atoms with Gasteiger partial charge in [0, 0.05) is 25.9 Å². The largest absolute Gasteiger partial charge is 0.339 e. The lowest BCUT2D eigenvalue weighted by Crippen LogP contribution is -2.42. The molecule has 160 valence electrons. The van der Waals surface area contributed by atoms with E-state index in [0.717, 1.165) is 17.9 Å². The summed E-state index contributed by atoms with van der Waals surface area (Å²) >= 11 is 0. The second-order valence-corrected chi connectivity index (χ2v) is 10.1. The zero-order valence-electron chi connectivity index (χ0n) is 16.5. The van der Waals surface area contributed by atoms with Crippen LogP contribution in [0.3, 0.4) is 0 Å². The number of amides is 3. The molecule has 10 heteroatoms. The first kappa shape index (κ1) is 20.5.